The predicted molar refractivity (Wildman–Crippen MR) is 119 cm³/mol. The second kappa shape index (κ2) is 10.4. The topological polar surface area (TPSA) is 115 Å². The number of nitrogens with zero attached hydrogens (tertiary/aromatic N) is 4. The van der Waals surface area contributed by atoms with Crippen molar-refractivity contribution in [3.05, 3.63) is 57.8 Å². The minimum Gasteiger partial charge on any atom is -0.481 e. The smallest absolute Gasteiger partial charge is 0.332 e. The van der Waals surface area contributed by atoms with E-state index in [4.69, 9.17) is 33.6 Å². The standard InChI is InChI=1S/C22H20Cl2N4O4/c23-18-11-16(12-19(24)26-18)28-21(31)17(10-14-5-7-15(13-25)8-6-14)27(22(28)32)9-3-1-2-4-20(29)30/h5-8,11-12,17H,1-4,9-10H2,(H,29,30). The Bertz CT molecular complexity index is 1050. The fraction of sp³-hybridized carbons (Fsp3) is 0.318. The van der Waals surface area contributed by atoms with Crippen LogP contribution in [0.25, 0.3) is 0 Å². The highest BCUT2D eigenvalue weighted by atomic mass is 35.5. The molecule has 32 heavy (non-hydrogen) atoms. The first-order chi connectivity index (χ1) is 15.3. The van der Waals surface area contributed by atoms with Gasteiger partial charge >= 0.3 is 12.0 Å². The van der Waals surface area contributed by atoms with E-state index in [1.165, 1.54) is 17.0 Å². The monoisotopic (exact) mass is 474 g/mol. The number of aliphatic carboxylic acids is 1. The molecule has 1 aliphatic rings. The maximum atomic E-state index is 13.3. The second-order valence-corrected chi connectivity index (χ2v) is 8.13. The number of benzene rings is 1. The van der Waals surface area contributed by atoms with Crippen LogP contribution in [0.2, 0.25) is 10.3 Å². The van der Waals surface area contributed by atoms with Gasteiger partial charge in [-0.05, 0) is 42.7 Å². The molecule has 0 saturated carbocycles. The summed E-state index contributed by atoms with van der Waals surface area (Å²) in [6, 6.07) is 10.4. The number of carbonyl (C=O) groups excluding carboxylic acids is 2. The molecule has 1 atom stereocenters. The van der Waals surface area contributed by atoms with Crippen molar-refractivity contribution in [1.82, 2.24) is 9.88 Å². The molecule has 1 saturated heterocycles. The summed E-state index contributed by atoms with van der Waals surface area (Å²) in [6.07, 6.45) is 1.99. The highest BCUT2D eigenvalue weighted by Gasteiger charge is 2.45. The number of pyridine rings is 1. The molecule has 8 nitrogen and oxygen atoms in total. The van der Waals surface area contributed by atoms with Crippen molar-refractivity contribution in [2.45, 2.75) is 38.1 Å². The zero-order valence-corrected chi connectivity index (χ0v) is 18.5. The fourth-order valence-electron chi connectivity index (χ4n) is 3.58. The van der Waals surface area contributed by atoms with Crippen molar-refractivity contribution in [3.8, 4) is 6.07 Å². The van der Waals surface area contributed by atoms with Crippen molar-refractivity contribution >= 4 is 46.8 Å². The fourth-order valence-corrected chi connectivity index (χ4v) is 4.03. The molecule has 3 rings (SSSR count). The summed E-state index contributed by atoms with van der Waals surface area (Å²) >= 11 is 11.9. The Morgan fingerprint density at radius 1 is 1.09 bits per heavy atom. The minimum absolute atomic E-state index is 0.0572. The molecule has 1 aromatic heterocycles. The SMILES string of the molecule is N#Cc1ccc(CC2C(=O)N(c3cc(Cl)nc(Cl)c3)C(=O)N2CCCCCC(=O)O)cc1. The summed E-state index contributed by atoms with van der Waals surface area (Å²) in [4.78, 5) is 43.6. The van der Waals surface area contributed by atoms with Crippen LogP contribution in [-0.2, 0) is 16.0 Å². The van der Waals surface area contributed by atoms with E-state index < -0.39 is 23.9 Å². The molecule has 1 fully saturated rings. The Morgan fingerprint density at radius 2 is 1.75 bits per heavy atom. The van der Waals surface area contributed by atoms with E-state index in [-0.39, 0.29) is 28.8 Å². The number of rotatable bonds is 9. The quantitative estimate of drug-likeness (QED) is 0.329. The van der Waals surface area contributed by atoms with Gasteiger partial charge in [-0.15, -0.1) is 0 Å². The normalized spacial score (nSPS) is 15.8. The third kappa shape index (κ3) is 5.55. The lowest BCUT2D eigenvalue weighted by Crippen LogP contribution is -2.37. The Balaban J connectivity index is 1.83. The lowest BCUT2D eigenvalue weighted by atomic mass is 10.0. The summed E-state index contributed by atoms with van der Waals surface area (Å²) < 4.78 is 0. The summed E-state index contributed by atoms with van der Waals surface area (Å²) in [7, 11) is 0. The van der Waals surface area contributed by atoms with Gasteiger partial charge in [-0.1, -0.05) is 41.8 Å². The highest BCUT2D eigenvalue weighted by Crippen LogP contribution is 2.30. The number of anilines is 1. The first-order valence-electron chi connectivity index (χ1n) is 9.98. The number of imide groups is 1. The lowest BCUT2D eigenvalue weighted by Gasteiger charge is -2.22. The summed E-state index contributed by atoms with van der Waals surface area (Å²) in [5.41, 5.74) is 1.54. The number of amides is 3. The van der Waals surface area contributed by atoms with Crippen LogP contribution in [-0.4, -0.2) is 45.5 Å². The summed E-state index contributed by atoms with van der Waals surface area (Å²) in [5.74, 6) is -1.28. The minimum atomic E-state index is -0.867. The van der Waals surface area contributed by atoms with Crippen LogP contribution in [0.4, 0.5) is 10.5 Å². The third-order valence-corrected chi connectivity index (χ3v) is 5.51. The molecule has 2 heterocycles. The van der Waals surface area contributed by atoms with Gasteiger partial charge in [-0.25, -0.2) is 14.7 Å². The number of urea groups is 1. The Kier molecular flexibility index (Phi) is 7.67. The van der Waals surface area contributed by atoms with E-state index in [9.17, 15) is 14.4 Å². The maximum absolute atomic E-state index is 13.3. The van der Waals surface area contributed by atoms with Gasteiger partial charge < -0.3 is 10.0 Å². The van der Waals surface area contributed by atoms with Gasteiger partial charge in [0.1, 0.15) is 16.3 Å². The van der Waals surface area contributed by atoms with Crippen molar-refractivity contribution in [3.63, 3.8) is 0 Å². The molecule has 3 amide bonds. The van der Waals surface area contributed by atoms with E-state index in [1.807, 2.05) is 6.07 Å². The van der Waals surface area contributed by atoms with E-state index in [2.05, 4.69) is 4.98 Å². The third-order valence-electron chi connectivity index (χ3n) is 5.13. The van der Waals surface area contributed by atoms with Gasteiger partial charge in [0.15, 0.2) is 0 Å². The maximum Gasteiger partial charge on any atom is 0.332 e. The number of carbonyl (C=O) groups is 3. The van der Waals surface area contributed by atoms with Crippen LogP contribution < -0.4 is 4.90 Å². The van der Waals surface area contributed by atoms with Crippen LogP contribution in [0.3, 0.4) is 0 Å². The van der Waals surface area contributed by atoms with Crippen molar-refractivity contribution in [1.29, 1.82) is 5.26 Å². The van der Waals surface area contributed by atoms with E-state index in [0.29, 0.717) is 31.4 Å². The molecule has 1 N–H and O–H groups in total. The van der Waals surface area contributed by atoms with Gasteiger partial charge in [0, 0.05) is 19.4 Å². The average molecular weight is 475 g/mol. The Hall–Kier alpha value is -3.15. The van der Waals surface area contributed by atoms with Gasteiger partial charge in [0.05, 0.1) is 17.3 Å². The Morgan fingerprint density at radius 3 is 2.34 bits per heavy atom. The molecular formula is C22H20Cl2N4O4. The number of halogens is 2. The first-order valence-corrected chi connectivity index (χ1v) is 10.7. The Labute approximate surface area is 195 Å². The molecule has 1 aromatic carbocycles. The number of nitriles is 1. The second-order valence-electron chi connectivity index (χ2n) is 7.35. The van der Waals surface area contributed by atoms with Gasteiger partial charge in [0.25, 0.3) is 5.91 Å². The molecule has 1 aliphatic heterocycles. The molecular weight excluding hydrogens is 455 g/mol. The van der Waals surface area contributed by atoms with Crippen LogP contribution >= 0.6 is 23.2 Å². The molecule has 0 bridgehead atoms. The van der Waals surface area contributed by atoms with E-state index >= 15 is 0 Å². The number of aromatic nitrogens is 1. The van der Waals surface area contributed by atoms with Crippen LogP contribution in [0.1, 0.15) is 36.8 Å². The summed E-state index contributed by atoms with van der Waals surface area (Å²) in [5, 5.41) is 17.9. The zero-order valence-electron chi connectivity index (χ0n) is 17.0. The molecule has 2 aromatic rings. The van der Waals surface area contributed by atoms with Crippen molar-refractivity contribution in [2.24, 2.45) is 0 Å². The van der Waals surface area contributed by atoms with Crippen molar-refractivity contribution in [2.75, 3.05) is 11.4 Å². The zero-order chi connectivity index (χ0) is 23.3. The van der Waals surface area contributed by atoms with Crippen molar-refractivity contribution < 1.29 is 19.5 Å². The molecule has 166 valence electrons. The number of unbranched alkanes of at least 4 members (excludes halogenated alkanes) is 2. The number of hydrogen-bond acceptors (Lipinski definition) is 5. The largest absolute Gasteiger partial charge is 0.481 e. The van der Waals surface area contributed by atoms with E-state index in [0.717, 1.165) is 10.5 Å². The average Bonchev–Trinajstić information content (AvgIpc) is 2.97. The molecule has 0 aliphatic carbocycles. The number of carboxylic acid groups (broad SMARTS) is 1. The molecule has 0 radical (unpaired) electrons. The lowest BCUT2D eigenvalue weighted by molar-refractivity contribution is -0.137. The number of hydrogen-bond donors (Lipinski definition) is 1. The van der Waals surface area contributed by atoms with Gasteiger partial charge in [-0.2, -0.15) is 5.26 Å². The van der Waals surface area contributed by atoms with Gasteiger partial charge in [-0.3, -0.25) is 9.59 Å². The highest BCUT2D eigenvalue weighted by molar-refractivity contribution is 6.33. The van der Waals surface area contributed by atoms with E-state index in [1.54, 1.807) is 24.3 Å². The summed E-state index contributed by atoms with van der Waals surface area (Å²) in [6.45, 7) is 0.300. The molecule has 10 heteroatoms. The molecule has 1 unspecified atom stereocenters. The van der Waals surface area contributed by atoms with Crippen LogP contribution in [0.5, 0.6) is 0 Å². The molecule has 0 spiro atoms. The predicted octanol–water partition coefficient (Wildman–Crippen LogP) is 4.28. The van der Waals surface area contributed by atoms with Crippen LogP contribution in [0, 0.1) is 11.3 Å². The van der Waals surface area contributed by atoms with Gasteiger partial charge in [0.2, 0.25) is 0 Å². The number of carboxylic acids is 1. The van der Waals surface area contributed by atoms with Crippen LogP contribution in [0.15, 0.2) is 36.4 Å². The first kappa shape index (κ1) is 23.5.